The highest BCUT2D eigenvalue weighted by Gasteiger charge is 2.33. The molecule has 214 valence electrons. The molecule has 0 aliphatic heterocycles. The largest absolute Gasteiger partial charge is 0.354 e. The Morgan fingerprint density at radius 3 is 2.12 bits per heavy atom. The molecule has 0 saturated carbocycles. The van der Waals surface area contributed by atoms with Gasteiger partial charge < -0.3 is 10.2 Å². The molecule has 0 fully saturated rings. The number of carbonyl (C=O) groups is 2. The van der Waals surface area contributed by atoms with Gasteiger partial charge in [-0.05, 0) is 63.4 Å². The number of benzene rings is 3. The molecule has 3 aromatic rings. The first-order valence-electron chi connectivity index (χ1n) is 13.3. The number of halogens is 1. The van der Waals surface area contributed by atoms with E-state index in [2.05, 4.69) is 5.32 Å². The average Bonchev–Trinajstić information content (AvgIpc) is 2.90. The van der Waals surface area contributed by atoms with E-state index in [0.29, 0.717) is 17.8 Å². The van der Waals surface area contributed by atoms with Gasteiger partial charge in [0.2, 0.25) is 11.8 Å². The minimum atomic E-state index is -4.17. The summed E-state index contributed by atoms with van der Waals surface area (Å²) in [5.41, 5.74) is 3.08. The lowest BCUT2D eigenvalue weighted by molar-refractivity contribution is -0.139. The smallest absolute Gasteiger partial charge is 0.264 e. The van der Waals surface area contributed by atoms with Crippen LogP contribution in [-0.4, -0.2) is 44.3 Å². The molecule has 0 saturated heterocycles. The first kappa shape index (κ1) is 30.8. The van der Waals surface area contributed by atoms with Crippen molar-refractivity contribution in [1.29, 1.82) is 0 Å². The number of nitrogens with zero attached hydrogens (tertiary/aromatic N) is 2. The van der Waals surface area contributed by atoms with Crippen LogP contribution >= 0.6 is 0 Å². The van der Waals surface area contributed by atoms with Crippen molar-refractivity contribution < 1.29 is 22.4 Å². The number of amides is 2. The number of sulfonamides is 1. The third kappa shape index (κ3) is 7.47. The lowest BCUT2D eigenvalue weighted by atomic mass is 10.1. The number of aryl methyl sites for hydroxylation is 3. The van der Waals surface area contributed by atoms with E-state index in [-0.39, 0.29) is 22.9 Å². The first-order valence-corrected chi connectivity index (χ1v) is 14.7. The molecule has 3 aromatic carbocycles. The summed E-state index contributed by atoms with van der Waals surface area (Å²) in [5.74, 6) is -1.37. The Hall–Kier alpha value is -3.72. The number of anilines is 1. The van der Waals surface area contributed by atoms with Crippen molar-refractivity contribution in [3.8, 4) is 0 Å². The summed E-state index contributed by atoms with van der Waals surface area (Å²) in [6, 6.07) is 16.7. The van der Waals surface area contributed by atoms with E-state index < -0.39 is 40.2 Å². The van der Waals surface area contributed by atoms with Crippen molar-refractivity contribution >= 4 is 27.5 Å². The molecule has 2 amide bonds. The van der Waals surface area contributed by atoms with Crippen LogP contribution in [0.2, 0.25) is 0 Å². The van der Waals surface area contributed by atoms with Crippen molar-refractivity contribution in [2.45, 2.75) is 59.0 Å². The summed E-state index contributed by atoms with van der Waals surface area (Å²) >= 11 is 0. The second kappa shape index (κ2) is 13.1. The fraction of sp³-hybridized carbons (Fsp3) is 0.355. The molecule has 0 spiro atoms. The van der Waals surface area contributed by atoms with Gasteiger partial charge in [0.05, 0.1) is 10.6 Å². The van der Waals surface area contributed by atoms with Gasteiger partial charge in [0.1, 0.15) is 18.4 Å². The third-order valence-corrected chi connectivity index (χ3v) is 8.43. The number of rotatable bonds is 11. The Morgan fingerprint density at radius 2 is 1.52 bits per heavy atom. The molecule has 7 nitrogen and oxygen atoms in total. The molecule has 0 aliphatic rings. The van der Waals surface area contributed by atoms with Gasteiger partial charge in [-0.1, -0.05) is 67.4 Å². The minimum absolute atomic E-state index is 0.0363. The van der Waals surface area contributed by atoms with Gasteiger partial charge in [0.25, 0.3) is 10.0 Å². The predicted octanol–water partition coefficient (Wildman–Crippen LogP) is 5.14. The Bertz CT molecular complexity index is 1460. The molecule has 9 heteroatoms. The summed E-state index contributed by atoms with van der Waals surface area (Å²) in [5, 5.41) is 2.82. The number of carbonyl (C=O) groups excluding carboxylic acids is 2. The van der Waals surface area contributed by atoms with Gasteiger partial charge in [-0.25, -0.2) is 12.8 Å². The van der Waals surface area contributed by atoms with Crippen molar-refractivity contribution in [3.63, 3.8) is 0 Å². The van der Waals surface area contributed by atoms with Crippen LogP contribution in [0.5, 0.6) is 0 Å². The van der Waals surface area contributed by atoms with Gasteiger partial charge in [-0.15, -0.1) is 0 Å². The molecule has 1 N–H and O–H groups in total. The van der Waals surface area contributed by atoms with Gasteiger partial charge in [0, 0.05) is 18.7 Å². The Labute approximate surface area is 237 Å². The monoisotopic (exact) mass is 567 g/mol. The highest BCUT2D eigenvalue weighted by atomic mass is 32.2. The van der Waals surface area contributed by atoms with Gasteiger partial charge >= 0.3 is 0 Å². The van der Waals surface area contributed by atoms with Gasteiger partial charge in [0.15, 0.2) is 0 Å². The normalized spacial score (nSPS) is 12.2. The number of hydrogen-bond acceptors (Lipinski definition) is 4. The number of nitrogens with one attached hydrogen (secondary N) is 1. The summed E-state index contributed by atoms with van der Waals surface area (Å²) in [6.07, 6.45) is 0. The lowest BCUT2D eigenvalue weighted by Gasteiger charge is -2.32. The third-order valence-electron chi connectivity index (χ3n) is 6.66. The summed E-state index contributed by atoms with van der Waals surface area (Å²) in [7, 11) is -4.17. The second-order valence-corrected chi connectivity index (χ2v) is 12.4. The molecule has 0 radical (unpaired) electrons. The van der Waals surface area contributed by atoms with E-state index in [4.69, 9.17) is 0 Å². The topological polar surface area (TPSA) is 86.8 Å². The molecule has 40 heavy (non-hydrogen) atoms. The molecule has 0 aliphatic carbocycles. The van der Waals surface area contributed by atoms with Gasteiger partial charge in [-0.2, -0.15) is 0 Å². The van der Waals surface area contributed by atoms with Crippen LogP contribution in [-0.2, 0) is 26.2 Å². The van der Waals surface area contributed by atoms with Crippen molar-refractivity contribution in [2.75, 3.05) is 17.4 Å². The standard InChI is InChI=1S/C31H38FN3O4S/c1-21(2)18-33-31(37)25(6)34(19-26-9-7-8-10-28(26)32)30(36)20-35(29-16-13-23(4)17-24(29)5)40(38,39)27-14-11-22(3)12-15-27/h7-17,21,25H,18-20H2,1-6H3,(H,33,37)/t25-/m0/s1. The van der Waals surface area contributed by atoms with Crippen LogP contribution in [0.1, 0.15) is 43.0 Å². The predicted molar refractivity (Wildman–Crippen MR) is 156 cm³/mol. The zero-order chi connectivity index (χ0) is 29.6. The van der Waals surface area contributed by atoms with Gasteiger partial charge in [-0.3, -0.25) is 13.9 Å². The molecule has 3 rings (SSSR count). The molecule has 0 bridgehead atoms. The molecule has 1 atom stereocenters. The highest BCUT2D eigenvalue weighted by molar-refractivity contribution is 7.92. The Balaban J connectivity index is 2.06. The lowest BCUT2D eigenvalue weighted by Crippen LogP contribution is -2.51. The van der Waals surface area contributed by atoms with Crippen molar-refractivity contribution in [1.82, 2.24) is 10.2 Å². The molecular weight excluding hydrogens is 529 g/mol. The van der Waals surface area contributed by atoms with Crippen LogP contribution in [0.15, 0.2) is 71.6 Å². The quantitative estimate of drug-likeness (QED) is 0.348. The Morgan fingerprint density at radius 1 is 0.900 bits per heavy atom. The van der Waals surface area contributed by atoms with E-state index in [1.54, 1.807) is 56.3 Å². The fourth-order valence-corrected chi connectivity index (χ4v) is 5.76. The molecular formula is C31H38FN3O4S. The van der Waals surface area contributed by atoms with E-state index in [0.717, 1.165) is 15.4 Å². The highest BCUT2D eigenvalue weighted by Crippen LogP contribution is 2.28. The van der Waals surface area contributed by atoms with Crippen LogP contribution in [0.25, 0.3) is 0 Å². The zero-order valence-electron chi connectivity index (χ0n) is 23.9. The molecule has 0 heterocycles. The first-order chi connectivity index (χ1) is 18.8. The van der Waals surface area contributed by atoms with E-state index in [1.165, 1.54) is 23.1 Å². The number of hydrogen-bond donors (Lipinski definition) is 1. The maximum absolute atomic E-state index is 14.6. The fourth-order valence-electron chi connectivity index (χ4n) is 4.28. The molecule has 0 unspecified atom stereocenters. The summed E-state index contributed by atoms with van der Waals surface area (Å²) in [6.45, 7) is 10.6. The van der Waals surface area contributed by atoms with E-state index in [1.807, 2.05) is 33.8 Å². The Kier molecular flexibility index (Phi) is 10.1. The van der Waals surface area contributed by atoms with Crippen molar-refractivity contribution in [3.05, 3.63) is 94.8 Å². The van der Waals surface area contributed by atoms with Crippen LogP contribution in [0.3, 0.4) is 0 Å². The van der Waals surface area contributed by atoms with Crippen LogP contribution in [0.4, 0.5) is 10.1 Å². The summed E-state index contributed by atoms with van der Waals surface area (Å²) in [4.78, 5) is 28.3. The van der Waals surface area contributed by atoms with Crippen LogP contribution in [0, 0.1) is 32.5 Å². The minimum Gasteiger partial charge on any atom is -0.354 e. The van der Waals surface area contributed by atoms with Crippen LogP contribution < -0.4 is 9.62 Å². The van der Waals surface area contributed by atoms with E-state index >= 15 is 0 Å². The second-order valence-electron chi connectivity index (χ2n) is 10.5. The maximum Gasteiger partial charge on any atom is 0.264 e. The van der Waals surface area contributed by atoms with E-state index in [9.17, 15) is 22.4 Å². The van der Waals surface area contributed by atoms with Crippen molar-refractivity contribution in [2.24, 2.45) is 5.92 Å². The summed E-state index contributed by atoms with van der Waals surface area (Å²) < 4.78 is 43.6. The molecule has 0 aromatic heterocycles. The zero-order valence-corrected chi connectivity index (χ0v) is 24.8. The average molecular weight is 568 g/mol. The SMILES string of the molecule is Cc1ccc(S(=O)(=O)N(CC(=O)N(Cc2ccccc2F)[C@@H](C)C(=O)NCC(C)C)c2ccc(C)cc2C)cc1. The maximum atomic E-state index is 14.6.